The molecule has 11 heteroatoms. The van der Waals surface area contributed by atoms with E-state index in [0.29, 0.717) is 30.4 Å². The van der Waals surface area contributed by atoms with Crippen LogP contribution in [0.5, 0.6) is 5.88 Å². The van der Waals surface area contributed by atoms with E-state index in [1.54, 1.807) is 17.9 Å². The Bertz CT molecular complexity index is 1300. The summed E-state index contributed by atoms with van der Waals surface area (Å²) in [4.78, 5) is 22.9. The lowest BCUT2D eigenvalue weighted by Gasteiger charge is -2.28. The van der Waals surface area contributed by atoms with Crippen LogP contribution in [-0.4, -0.2) is 44.7 Å². The van der Waals surface area contributed by atoms with Crippen LogP contribution in [0.25, 0.3) is 0 Å². The molecule has 5 rings (SSSR count). The molecule has 202 valence electrons. The fourth-order valence-corrected chi connectivity index (χ4v) is 5.38. The zero-order valence-corrected chi connectivity index (χ0v) is 21.7. The molecule has 0 spiro atoms. The number of halogens is 3. The number of nitrogens with zero attached hydrogens (tertiary/aromatic N) is 4. The van der Waals surface area contributed by atoms with Crippen molar-refractivity contribution in [2.75, 3.05) is 5.32 Å². The largest absolute Gasteiger partial charge is 0.472 e. The number of carbonyl (C=O) groups excluding carboxylic acids is 1. The van der Waals surface area contributed by atoms with Gasteiger partial charge in [0.1, 0.15) is 23.9 Å². The van der Waals surface area contributed by atoms with Crippen molar-refractivity contribution in [2.45, 2.75) is 95.2 Å². The molecule has 2 aliphatic heterocycles. The Morgan fingerprint density at radius 3 is 2.58 bits per heavy atom. The van der Waals surface area contributed by atoms with Crippen LogP contribution in [-0.2, 0) is 16.3 Å². The van der Waals surface area contributed by atoms with Crippen molar-refractivity contribution in [3.05, 3.63) is 41.2 Å². The fourth-order valence-electron chi connectivity index (χ4n) is 5.38. The molecule has 1 amide bonds. The Morgan fingerprint density at radius 1 is 1.21 bits per heavy atom. The first kappa shape index (κ1) is 26.1. The maximum atomic E-state index is 14.0. The van der Waals surface area contributed by atoms with Crippen LogP contribution in [0.2, 0.25) is 0 Å². The Hall–Kier alpha value is -3.55. The van der Waals surface area contributed by atoms with Crippen molar-refractivity contribution in [3.63, 3.8) is 0 Å². The summed E-state index contributed by atoms with van der Waals surface area (Å²) in [6.45, 7) is 7.13. The van der Waals surface area contributed by atoms with Gasteiger partial charge in [0.25, 0.3) is 0 Å². The third-order valence-corrected chi connectivity index (χ3v) is 7.48. The van der Waals surface area contributed by atoms with Crippen LogP contribution in [0, 0.1) is 18.3 Å². The van der Waals surface area contributed by atoms with E-state index < -0.39 is 22.8 Å². The van der Waals surface area contributed by atoms with Crippen LogP contribution >= 0.6 is 0 Å². The second kappa shape index (κ2) is 9.03. The predicted octanol–water partition coefficient (Wildman–Crippen LogP) is 6.02. The van der Waals surface area contributed by atoms with Gasteiger partial charge in [-0.15, -0.1) is 0 Å². The molecule has 2 saturated heterocycles. The van der Waals surface area contributed by atoms with Crippen molar-refractivity contribution in [2.24, 2.45) is 0 Å². The Labute approximate surface area is 219 Å². The number of aromatic nitrogens is 2. The molecule has 3 heterocycles. The molecule has 0 radical (unpaired) electrons. The number of fused-ring (bicyclic) bond motifs is 2. The number of alkyl halides is 3. The van der Waals surface area contributed by atoms with Crippen LogP contribution in [0.4, 0.5) is 29.5 Å². The van der Waals surface area contributed by atoms with Gasteiger partial charge in [0.15, 0.2) is 0 Å². The molecular weight excluding hydrogens is 499 g/mol. The summed E-state index contributed by atoms with van der Waals surface area (Å²) in [5, 5.41) is 12.2. The summed E-state index contributed by atoms with van der Waals surface area (Å²) in [5.41, 5.74) is -1.66. The van der Waals surface area contributed by atoms with Crippen LogP contribution in [0.1, 0.15) is 69.6 Å². The van der Waals surface area contributed by atoms with Crippen LogP contribution < -0.4 is 10.1 Å². The van der Waals surface area contributed by atoms with Crippen molar-refractivity contribution < 1.29 is 27.4 Å². The topological polar surface area (TPSA) is 100 Å². The minimum atomic E-state index is -4.63. The number of benzene rings is 1. The van der Waals surface area contributed by atoms with E-state index in [-0.39, 0.29) is 41.7 Å². The molecular formula is C27H30F3N5O3. The van der Waals surface area contributed by atoms with Crippen molar-refractivity contribution in [3.8, 4) is 11.9 Å². The molecule has 3 fully saturated rings. The molecule has 3 unspecified atom stereocenters. The smallest absolute Gasteiger partial charge is 0.418 e. The quantitative estimate of drug-likeness (QED) is 0.505. The molecule has 3 aliphatic rings. The van der Waals surface area contributed by atoms with E-state index in [0.717, 1.165) is 18.9 Å². The van der Waals surface area contributed by atoms with Crippen molar-refractivity contribution in [1.29, 1.82) is 5.26 Å². The number of hydrogen-bond donors (Lipinski definition) is 1. The molecule has 2 aromatic rings. The standard InChI is InChI=1S/C27H30F3N5O3/c1-15-22(34-19-7-5-16(26(13-31)9-10-26)11-18(19)27(28,29)30)32-14-33-23(15)37-21-12-17-6-8-20(21)35(17)24(36)38-25(2,3)4/h5,7,11,14,17,20-21H,6,8-10,12H2,1-4H3,(H,32,33,34). The number of nitriles is 1. The maximum Gasteiger partial charge on any atom is 0.418 e. The first-order chi connectivity index (χ1) is 17.8. The summed E-state index contributed by atoms with van der Waals surface area (Å²) < 4.78 is 53.7. The Kier molecular flexibility index (Phi) is 6.20. The second-order valence-corrected chi connectivity index (χ2v) is 11.3. The highest BCUT2D eigenvalue weighted by atomic mass is 19.4. The predicted molar refractivity (Wildman–Crippen MR) is 132 cm³/mol. The van der Waals surface area contributed by atoms with Crippen molar-refractivity contribution >= 4 is 17.6 Å². The number of rotatable bonds is 5. The minimum Gasteiger partial charge on any atom is -0.472 e. The molecule has 1 aliphatic carbocycles. The summed E-state index contributed by atoms with van der Waals surface area (Å²) >= 11 is 0. The SMILES string of the molecule is Cc1c(Nc2ccc(C3(C#N)CC3)cc2C(F)(F)F)ncnc1OC1CC2CCC1N2C(=O)OC(C)(C)C. The third kappa shape index (κ3) is 4.84. The summed E-state index contributed by atoms with van der Waals surface area (Å²) in [5.74, 6) is 0.428. The van der Waals surface area contributed by atoms with Crippen LogP contribution in [0.3, 0.4) is 0 Å². The van der Waals surface area contributed by atoms with Crippen molar-refractivity contribution in [1.82, 2.24) is 14.9 Å². The zero-order chi connectivity index (χ0) is 27.5. The van der Waals surface area contributed by atoms with E-state index in [2.05, 4.69) is 21.4 Å². The molecule has 3 atom stereocenters. The van der Waals surface area contributed by atoms with Gasteiger partial charge < -0.3 is 14.8 Å². The monoisotopic (exact) mass is 529 g/mol. The first-order valence-corrected chi connectivity index (χ1v) is 12.7. The van der Waals surface area contributed by atoms with E-state index in [9.17, 15) is 23.2 Å². The second-order valence-electron chi connectivity index (χ2n) is 11.3. The van der Waals surface area contributed by atoms with Gasteiger partial charge in [0.2, 0.25) is 5.88 Å². The summed E-state index contributed by atoms with van der Waals surface area (Å²) in [6, 6.07) is 5.93. The van der Waals surface area contributed by atoms with Gasteiger partial charge in [-0.3, -0.25) is 4.90 Å². The number of hydrogen-bond acceptors (Lipinski definition) is 7. The summed E-state index contributed by atoms with van der Waals surface area (Å²) in [7, 11) is 0. The van der Waals surface area contributed by atoms with Crippen LogP contribution in [0.15, 0.2) is 24.5 Å². The molecule has 1 N–H and O–H groups in total. The first-order valence-electron chi connectivity index (χ1n) is 12.7. The third-order valence-electron chi connectivity index (χ3n) is 7.48. The average molecular weight is 530 g/mol. The highest BCUT2D eigenvalue weighted by molar-refractivity contribution is 5.70. The Morgan fingerprint density at radius 2 is 1.95 bits per heavy atom. The average Bonchev–Trinajstić information content (AvgIpc) is 3.42. The van der Waals surface area contributed by atoms with Gasteiger partial charge in [-0.2, -0.15) is 18.4 Å². The molecule has 1 aromatic carbocycles. The van der Waals surface area contributed by atoms with Gasteiger partial charge in [-0.05, 0) is 71.1 Å². The molecule has 1 aromatic heterocycles. The normalized spacial score (nSPS) is 23.6. The molecule has 8 nitrogen and oxygen atoms in total. The minimum absolute atomic E-state index is 0.00983. The van der Waals surface area contributed by atoms with E-state index in [1.165, 1.54) is 12.4 Å². The van der Waals surface area contributed by atoms with Gasteiger partial charge in [0, 0.05) is 12.5 Å². The Balaban J connectivity index is 1.36. The lowest BCUT2D eigenvalue weighted by molar-refractivity contribution is -0.137. The number of carbonyl (C=O) groups is 1. The lowest BCUT2D eigenvalue weighted by atomic mass is 9.95. The van der Waals surface area contributed by atoms with Gasteiger partial charge in [-0.1, -0.05) is 6.07 Å². The number of amides is 1. The number of ether oxygens (including phenoxy) is 2. The maximum absolute atomic E-state index is 14.0. The number of nitrogens with one attached hydrogen (secondary N) is 1. The van der Waals surface area contributed by atoms with Gasteiger partial charge in [-0.25, -0.2) is 14.8 Å². The van der Waals surface area contributed by atoms with E-state index >= 15 is 0 Å². The summed E-state index contributed by atoms with van der Waals surface area (Å²) in [6.07, 6.45) is -0.715. The highest BCUT2D eigenvalue weighted by Crippen LogP contribution is 2.50. The molecule has 2 bridgehead atoms. The van der Waals surface area contributed by atoms with Gasteiger partial charge in [0.05, 0.1) is 34.3 Å². The zero-order valence-electron chi connectivity index (χ0n) is 21.7. The van der Waals surface area contributed by atoms with Gasteiger partial charge >= 0.3 is 12.3 Å². The lowest BCUT2D eigenvalue weighted by Crippen LogP contribution is -2.42. The van der Waals surface area contributed by atoms with E-state index in [1.807, 2.05) is 20.8 Å². The highest BCUT2D eigenvalue weighted by Gasteiger charge is 2.51. The fraction of sp³-hybridized carbons (Fsp3) is 0.556. The number of anilines is 2. The van der Waals surface area contributed by atoms with E-state index in [4.69, 9.17) is 9.47 Å². The molecule has 1 saturated carbocycles. The molecule has 38 heavy (non-hydrogen) atoms.